The van der Waals surface area contributed by atoms with Gasteiger partial charge in [0.2, 0.25) is 0 Å². The summed E-state index contributed by atoms with van der Waals surface area (Å²) in [6.45, 7) is 6.58. The molecule has 1 N–H and O–H groups in total. The van der Waals surface area contributed by atoms with E-state index in [0.717, 1.165) is 51.1 Å². The minimum absolute atomic E-state index is 0.0374. The van der Waals surface area contributed by atoms with Crippen LogP contribution < -0.4 is 14.8 Å². The van der Waals surface area contributed by atoms with Gasteiger partial charge in [0, 0.05) is 62.8 Å². The van der Waals surface area contributed by atoms with E-state index in [1.54, 1.807) is 6.07 Å². The molecule has 3 heterocycles. The zero-order chi connectivity index (χ0) is 28.9. The second-order valence-electron chi connectivity index (χ2n) is 11.4. The van der Waals surface area contributed by atoms with Crippen molar-refractivity contribution >= 4 is 40.0 Å². The number of halogens is 2. The van der Waals surface area contributed by atoms with Crippen LogP contribution in [0.3, 0.4) is 0 Å². The normalized spacial score (nSPS) is 20.2. The fourth-order valence-corrected chi connectivity index (χ4v) is 6.14. The van der Waals surface area contributed by atoms with Gasteiger partial charge in [-0.1, -0.05) is 24.4 Å². The predicted molar refractivity (Wildman–Crippen MR) is 159 cm³/mol. The highest BCUT2D eigenvalue weighted by molar-refractivity contribution is 6.31. The molecule has 0 amide bonds. The van der Waals surface area contributed by atoms with Crippen molar-refractivity contribution in [1.82, 2.24) is 19.8 Å². The van der Waals surface area contributed by atoms with Crippen LogP contribution in [0.25, 0.3) is 10.9 Å². The number of piperazine rings is 1. The number of hydrogen-bond donors (Lipinski definition) is 1. The van der Waals surface area contributed by atoms with Crippen LogP contribution in [0.15, 0.2) is 36.7 Å². The van der Waals surface area contributed by atoms with Gasteiger partial charge >= 0.3 is 5.97 Å². The molecule has 1 atom stereocenters. The van der Waals surface area contributed by atoms with Crippen LogP contribution in [0.1, 0.15) is 38.5 Å². The van der Waals surface area contributed by atoms with Gasteiger partial charge in [0.15, 0.2) is 11.5 Å². The van der Waals surface area contributed by atoms with E-state index in [0.29, 0.717) is 54.1 Å². The van der Waals surface area contributed by atoms with E-state index in [9.17, 15) is 9.18 Å². The van der Waals surface area contributed by atoms with E-state index in [1.165, 1.54) is 44.1 Å². The minimum Gasteiger partial charge on any atom is -0.489 e. The maximum Gasteiger partial charge on any atom is 0.306 e. The van der Waals surface area contributed by atoms with Gasteiger partial charge < -0.3 is 19.5 Å². The molecule has 3 aromatic rings. The summed E-state index contributed by atoms with van der Waals surface area (Å²) in [5.74, 6) is 1.90. The molecule has 224 valence electrons. The Morgan fingerprint density at radius 1 is 1.00 bits per heavy atom. The Morgan fingerprint density at radius 2 is 1.79 bits per heavy atom. The van der Waals surface area contributed by atoms with Crippen molar-refractivity contribution in [3.05, 3.63) is 47.5 Å². The number of nitrogens with zero attached hydrogens (tertiary/aromatic N) is 4. The summed E-state index contributed by atoms with van der Waals surface area (Å²) in [4.78, 5) is 25.1. The Bertz CT molecular complexity index is 1400. The molecular formula is C31H37ClFN5O4. The third-order valence-electron chi connectivity index (χ3n) is 8.39. The van der Waals surface area contributed by atoms with E-state index in [4.69, 9.17) is 25.8 Å². The third kappa shape index (κ3) is 7.22. The summed E-state index contributed by atoms with van der Waals surface area (Å²) in [7, 11) is 0. The Hall–Kier alpha value is -3.21. The Morgan fingerprint density at radius 3 is 2.55 bits per heavy atom. The zero-order valence-corrected chi connectivity index (χ0v) is 24.5. The Balaban J connectivity index is 1.11. The van der Waals surface area contributed by atoms with Crippen LogP contribution in [-0.2, 0) is 9.53 Å². The van der Waals surface area contributed by atoms with E-state index in [1.807, 2.05) is 12.1 Å². The smallest absolute Gasteiger partial charge is 0.306 e. The van der Waals surface area contributed by atoms with Crippen LogP contribution in [0, 0.1) is 11.7 Å². The Kier molecular flexibility index (Phi) is 9.21. The van der Waals surface area contributed by atoms with Crippen molar-refractivity contribution in [3.8, 4) is 11.5 Å². The number of ether oxygens (including phenoxy) is 3. The number of carbonyl (C=O) groups is 1. The van der Waals surface area contributed by atoms with E-state index < -0.39 is 5.82 Å². The molecule has 2 aliphatic heterocycles. The number of esters is 1. The number of anilines is 2. The average molecular weight is 598 g/mol. The molecule has 3 aliphatic rings. The monoisotopic (exact) mass is 597 g/mol. The SMILES string of the molecule is O=C1CC[C@H](CN2CCN(CCOc3cc4ncnc(Nc5ccc(F)c(Cl)c5)c4cc3OCC3CCCC3)CC2)O1. The van der Waals surface area contributed by atoms with Gasteiger partial charge in [-0.05, 0) is 49.4 Å². The zero-order valence-electron chi connectivity index (χ0n) is 23.7. The van der Waals surface area contributed by atoms with Gasteiger partial charge in [-0.25, -0.2) is 14.4 Å². The predicted octanol–water partition coefficient (Wildman–Crippen LogP) is 5.44. The first kappa shape index (κ1) is 28.9. The molecular weight excluding hydrogens is 561 g/mol. The number of nitrogens with one attached hydrogen (secondary N) is 1. The molecule has 9 nitrogen and oxygen atoms in total. The molecule has 1 aromatic heterocycles. The van der Waals surface area contributed by atoms with Crippen molar-refractivity contribution in [2.45, 2.75) is 44.6 Å². The summed E-state index contributed by atoms with van der Waals surface area (Å²) in [6.07, 6.45) is 7.75. The molecule has 1 saturated carbocycles. The summed E-state index contributed by atoms with van der Waals surface area (Å²) in [5, 5.41) is 4.05. The van der Waals surface area contributed by atoms with Gasteiger partial charge in [0.05, 0.1) is 17.1 Å². The van der Waals surface area contributed by atoms with Gasteiger partial charge in [0.25, 0.3) is 0 Å². The summed E-state index contributed by atoms with van der Waals surface area (Å²) in [5.41, 5.74) is 1.34. The van der Waals surface area contributed by atoms with Gasteiger partial charge in [-0.2, -0.15) is 0 Å². The molecule has 1 aliphatic carbocycles. The molecule has 0 radical (unpaired) electrons. The van der Waals surface area contributed by atoms with Crippen molar-refractivity contribution in [2.24, 2.45) is 5.92 Å². The second kappa shape index (κ2) is 13.4. The lowest BCUT2D eigenvalue weighted by Crippen LogP contribution is -2.49. The first-order chi connectivity index (χ1) is 20.5. The molecule has 42 heavy (non-hydrogen) atoms. The lowest BCUT2D eigenvalue weighted by molar-refractivity contribution is -0.142. The van der Waals surface area contributed by atoms with E-state index in [-0.39, 0.29) is 17.1 Å². The second-order valence-corrected chi connectivity index (χ2v) is 11.8. The van der Waals surface area contributed by atoms with Gasteiger partial charge in [-0.15, -0.1) is 0 Å². The molecule has 11 heteroatoms. The third-order valence-corrected chi connectivity index (χ3v) is 8.68. The van der Waals surface area contributed by atoms with Crippen molar-refractivity contribution < 1.29 is 23.4 Å². The Labute approximate surface area is 250 Å². The van der Waals surface area contributed by atoms with Crippen molar-refractivity contribution in [2.75, 3.05) is 57.8 Å². The van der Waals surface area contributed by atoms with Gasteiger partial charge in [0.1, 0.15) is 30.7 Å². The number of fused-ring (bicyclic) bond motifs is 1. The maximum atomic E-state index is 13.7. The van der Waals surface area contributed by atoms with Crippen LogP contribution in [0.2, 0.25) is 5.02 Å². The molecule has 2 saturated heterocycles. The molecule has 6 rings (SSSR count). The summed E-state index contributed by atoms with van der Waals surface area (Å²) >= 11 is 5.99. The molecule has 0 spiro atoms. The number of aromatic nitrogens is 2. The topological polar surface area (TPSA) is 89.1 Å². The summed E-state index contributed by atoms with van der Waals surface area (Å²) in [6, 6.07) is 8.31. The summed E-state index contributed by atoms with van der Waals surface area (Å²) < 4.78 is 31.8. The lowest BCUT2D eigenvalue weighted by atomic mass is 10.1. The number of hydrogen-bond acceptors (Lipinski definition) is 9. The highest BCUT2D eigenvalue weighted by atomic mass is 35.5. The highest BCUT2D eigenvalue weighted by Gasteiger charge is 2.27. The fourth-order valence-electron chi connectivity index (χ4n) is 5.96. The molecule has 0 bridgehead atoms. The standard InChI is InChI=1S/C31H37ClFN5O4/c32-25-15-22(5-7-26(25)33)36-31-24-16-28(41-19-21-3-1-2-4-21)29(17-27(24)34-20-35-31)40-14-13-37-9-11-38(12-10-37)18-23-6-8-30(39)42-23/h5,7,15-17,20-21,23H,1-4,6,8-14,18-19H2,(H,34,35,36)/t23-/m1/s1. The lowest BCUT2D eigenvalue weighted by Gasteiger charge is -2.35. The number of benzene rings is 2. The first-order valence-corrected chi connectivity index (χ1v) is 15.3. The number of cyclic esters (lactones) is 1. The fraction of sp³-hybridized carbons (Fsp3) is 0.516. The molecule has 2 aromatic carbocycles. The van der Waals surface area contributed by atoms with Crippen LogP contribution in [0.5, 0.6) is 11.5 Å². The molecule has 3 fully saturated rings. The maximum absolute atomic E-state index is 13.7. The highest BCUT2D eigenvalue weighted by Crippen LogP contribution is 2.36. The van der Waals surface area contributed by atoms with Crippen molar-refractivity contribution in [1.29, 1.82) is 0 Å². The quantitative estimate of drug-likeness (QED) is 0.290. The first-order valence-electron chi connectivity index (χ1n) is 14.9. The minimum atomic E-state index is -0.475. The van der Waals surface area contributed by atoms with E-state index in [2.05, 4.69) is 25.1 Å². The molecule has 0 unspecified atom stereocenters. The number of carbonyl (C=O) groups excluding carboxylic acids is 1. The van der Waals surface area contributed by atoms with Crippen molar-refractivity contribution in [3.63, 3.8) is 0 Å². The van der Waals surface area contributed by atoms with Gasteiger partial charge in [-0.3, -0.25) is 14.6 Å². The van der Waals surface area contributed by atoms with Crippen LogP contribution in [0.4, 0.5) is 15.9 Å². The average Bonchev–Trinajstić information content (AvgIpc) is 3.66. The van der Waals surface area contributed by atoms with E-state index >= 15 is 0 Å². The van der Waals surface area contributed by atoms with Crippen LogP contribution >= 0.6 is 11.6 Å². The number of rotatable bonds is 11. The van der Waals surface area contributed by atoms with Crippen LogP contribution in [-0.4, -0.2) is 84.3 Å². The largest absolute Gasteiger partial charge is 0.489 e.